The van der Waals surface area contributed by atoms with E-state index in [0.717, 1.165) is 25.9 Å². The first-order valence-corrected chi connectivity index (χ1v) is 8.86. The molecule has 3 nitrogen and oxygen atoms in total. The number of halogens is 1. The van der Waals surface area contributed by atoms with Gasteiger partial charge in [-0.05, 0) is 61.3 Å². The summed E-state index contributed by atoms with van der Waals surface area (Å²) in [5, 5.41) is 0.977. The fourth-order valence-electron chi connectivity index (χ4n) is 1.81. The van der Waals surface area contributed by atoms with Crippen LogP contribution in [0.1, 0.15) is 34.0 Å². The summed E-state index contributed by atoms with van der Waals surface area (Å²) in [7, 11) is 0. The van der Waals surface area contributed by atoms with Gasteiger partial charge in [-0.3, -0.25) is 0 Å². The Kier molecular flexibility index (Phi) is 5.23. The lowest BCUT2D eigenvalue weighted by Crippen LogP contribution is -2.22. The highest BCUT2D eigenvalue weighted by molar-refractivity contribution is 9.11. The second-order valence-electron chi connectivity index (χ2n) is 4.84. The molecule has 2 unspecified atom stereocenters. The summed E-state index contributed by atoms with van der Waals surface area (Å²) in [4.78, 5) is 10.4. The van der Waals surface area contributed by atoms with Gasteiger partial charge in [0.15, 0.2) is 5.16 Å². The molecule has 2 heterocycles. The van der Waals surface area contributed by atoms with Gasteiger partial charge in [0, 0.05) is 22.3 Å². The lowest BCUT2D eigenvalue weighted by Gasteiger charge is -2.18. The van der Waals surface area contributed by atoms with Crippen LogP contribution in [0.25, 0.3) is 0 Å². The first-order valence-electron chi connectivity index (χ1n) is 6.37. The van der Waals surface area contributed by atoms with Crippen molar-refractivity contribution in [1.82, 2.24) is 9.97 Å². The molecule has 6 heteroatoms. The van der Waals surface area contributed by atoms with Gasteiger partial charge in [-0.15, -0.1) is 11.3 Å². The third kappa shape index (κ3) is 3.61. The lowest BCUT2D eigenvalue weighted by atomic mass is 10.2. The monoisotopic (exact) mass is 371 g/mol. The van der Waals surface area contributed by atoms with Gasteiger partial charge in [0.05, 0.1) is 9.04 Å². The van der Waals surface area contributed by atoms with Crippen molar-refractivity contribution in [3.05, 3.63) is 37.7 Å². The van der Waals surface area contributed by atoms with E-state index in [1.807, 2.05) is 20.8 Å². The molecular weight excluding hydrogens is 354 g/mol. The summed E-state index contributed by atoms with van der Waals surface area (Å²) in [6, 6.07) is 4.21. The van der Waals surface area contributed by atoms with E-state index in [1.54, 1.807) is 23.1 Å². The molecule has 0 aliphatic heterocycles. The van der Waals surface area contributed by atoms with Gasteiger partial charge < -0.3 is 5.73 Å². The predicted octanol–water partition coefficient (Wildman–Crippen LogP) is 4.41. The van der Waals surface area contributed by atoms with Crippen molar-refractivity contribution in [1.29, 1.82) is 0 Å². The molecule has 0 bridgehead atoms. The largest absolute Gasteiger partial charge is 0.327 e. The van der Waals surface area contributed by atoms with Crippen LogP contribution in [0.3, 0.4) is 0 Å². The van der Waals surface area contributed by atoms with Crippen molar-refractivity contribution >= 4 is 39.0 Å². The van der Waals surface area contributed by atoms with Crippen LogP contribution in [0, 0.1) is 20.8 Å². The van der Waals surface area contributed by atoms with E-state index in [2.05, 4.69) is 45.0 Å². The standard InChI is InChI=1S/C14H18BrN3S2/c1-7-9(3)17-14(18-10(7)4)20-13(8(2)16)11-5-6-12(15)19-11/h5-6,8,13H,16H2,1-4H3. The minimum absolute atomic E-state index is 0.0380. The Bertz CT molecular complexity index is 587. The van der Waals surface area contributed by atoms with Gasteiger partial charge in [0.25, 0.3) is 0 Å². The number of nitrogens with zero attached hydrogens (tertiary/aromatic N) is 2. The molecule has 0 aliphatic rings. The molecule has 0 aliphatic carbocycles. The third-order valence-electron chi connectivity index (χ3n) is 3.20. The van der Waals surface area contributed by atoms with E-state index in [1.165, 1.54) is 4.88 Å². The van der Waals surface area contributed by atoms with E-state index in [0.29, 0.717) is 0 Å². The summed E-state index contributed by atoms with van der Waals surface area (Å²) >= 11 is 6.86. The molecule has 2 aromatic heterocycles. The van der Waals surface area contributed by atoms with Gasteiger partial charge in [-0.2, -0.15) is 0 Å². The zero-order chi connectivity index (χ0) is 14.9. The van der Waals surface area contributed by atoms with Crippen LogP contribution in [0.2, 0.25) is 0 Å². The van der Waals surface area contributed by atoms with Crippen molar-refractivity contribution in [3.8, 4) is 0 Å². The zero-order valence-electron chi connectivity index (χ0n) is 12.0. The smallest absolute Gasteiger partial charge is 0.188 e. The summed E-state index contributed by atoms with van der Waals surface area (Å²) < 4.78 is 1.12. The Morgan fingerprint density at radius 1 is 1.20 bits per heavy atom. The van der Waals surface area contributed by atoms with E-state index < -0.39 is 0 Å². The summed E-state index contributed by atoms with van der Waals surface area (Å²) in [5.41, 5.74) is 9.38. The molecule has 2 N–H and O–H groups in total. The van der Waals surface area contributed by atoms with Gasteiger partial charge in [-0.1, -0.05) is 11.8 Å². The summed E-state index contributed by atoms with van der Waals surface area (Å²) in [5.74, 6) is 0. The molecule has 0 radical (unpaired) electrons. The maximum atomic E-state index is 6.15. The van der Waals surface area contributed by atoms with Crippen LogP contribution < -0.4 is 5.73 Å². The average Bonchev–Trinajstić information content (AvgIpc) is 2.79. The van der Waals surface area contributed by atoms with Crippen molar-refractivity contribution in [2.24, 2.45) is 5.73 Å². The quantitative estimate of drug-likeness (QED) is 0.638. The SMILES string of the molecule is Cc1nc(SC(c2ccc(Br)s2)C(C)N)nc(C)c1C. The summed E-state index contributed by atoms with van der Waals surface area (Å²) in [6.45, 7) is 8.13. The van der Waals surface area contributed by atoms with Crippen LogP contribution in [0.5, 0.6) is 0 Å². The van der Waals surface area contributed by atoms with E-state index in [9.17, 15) is 0 Å². The Balaban J connectivity index is 2.29. The van der Waals surface area contributed by atoms with Gasteiger partial charge in [0.1, 0.15) is 0 Å². The molecule has 2 atom stereocenters. The minimum atomic E-state index is 0.0380. The molecule has 20 heavy (non-hydrogen) atoms. The number of rotatable bonds is 4. The van der Waals surface area contributed by atoms with Crippen molar-refractivity contribution in [2.45, 2.75) is 44.1 Å². The number of hydrogen-bond donors (Lipinski definition) is 1. The third-order valence-corrected chi connectivity index (χ3v) is 6.38. The molecule has 2 rings (SSSR count). The number of nitrogens with two attached hydrogens (primary N) is 1. The van der Waals surface area contributed by atoms with Crippen LogP contribution >= 0.6 is 39.0 Å². The van der Waals surface area contributed by atoms with Crippen LogP contribution in [-0.2, 0) is 0 Å². The Morgan fingerprint density at radius 2 is 1.80 bits per heavy atom. The highest BCUT2D eigenvalue weighted by Gasteiger charge is 2.21. The fraction of sp³-hybridized carbons (Fsp3) is 0.429. The maximum Gasteiger partial charge on any atom is 0.188 e. The number of aryl methyl sites for hydroxylation is 2. The normalized spacial score (nSPS) is 14.3. The predicted molar refractivity (Wildman–Crippen MR) is 90.5 cm³/mol. The van der Waals surface area contributed by atoms with E-state index >= 15 is 0 Å². The summed E-state index contributed by atoms with van der Waals surface area (Å²) in [6.07, 6.45) is 0. The van der Waals surface area contributed by atoms with Crippen LogP contribution in [0.4, 0.5) is 0 Å². The van der Waals surface area contributed by atoms with E-state index in [-0.39, 0.29) is 11.3 Å². The topological polar surface area (TPSA) is 51.8 Å². The number of thioether (sulfide) groups is 1. The first kappa shape index (κ1) is 15.9. The number of hydrogen-bond acceptors (Lipinski definition) is 5. The van der Waals surface area contributed by atoms with Gasteiger partial charge in [-0.25, -0.2) is 9.97 Å². The second kappa shape index (κ2) is 6.56. The molecule has 0 spiro atoms. The Morgan fingerprint density at radius 3 is 2.25 bits per heavy atom. The van der Waals surface area contributed by atoms with Gasteiger partial charge in [0.2, 0.25) is 0 Å². The van der Waals surface area contributed by atoms with Gasteiger partial charge >= 0.3 is 0 Å². The van der Waals surface area contributed by atoms with Crippen LogP contribution in [-0.4, -0.2) is 16.0 Å². The zero-order valence-corrected chi connectivity index (χ0v) is 15.2. The fourth-order valence-corrected chi connectivity index (χ4v) is 4.64. The molecule has 0 fully saturated rings. The molecule has 0 saturated carbocycles. The van der Waals surface area contributed by atoms with Crippen molar-refractivity contribution < 1.29 is 0 Å². The number of aromatic nitrogens is 2. The Labute approximate surface area is 136 Å². The molecule has 0 saturated heterocycles. The first-order chi connectivity index (χ1) is 9.38. The number of thiophene rings is 1. The maximum absolute atomic E-state index is 6.15. The highest BCUT2D eigenvalue weighted by Crippen LogP contribution is 2.40. The highest BCUT2D eigenvalue weighted by atomic mass is 79.9. The average molecular weight is 372 g/mol. The minimum Gasteiger partial charge on any atom is -0.327 e. The molecule has 2 aromatic rings. The lowest BCUT2D eigenvalue weighted by molar-refractivity contribution is 0.724. The van der Waals surface area contributed by atoms with Crippen molar-refractivity contribution in [2.75, 3.05) is 0 Å². The van der Waals surface area contributed by atoms with E-state index in [4.69, 9.17) is 5.73 Å². The van der Waals surface area contributed by atoms with Crippen LogP contribution in [0.15, 0.2) is 21.1 Å². The molecular formula is C14H18BrN3S2. The second-order valence-corrected chi connectivity index (χ2v) is 8.44. The van der Waals surface area contributed by atoms with Crippen molar-refractivity contribution in [3.63, 3.8) is 0 Å². The Hall–Kier alpha value is -0.430. The molecule has 0 amide bonds. The molecule has 108 valence electrons. The molecule has 0 aromatic carbocycles.